The molecule has 0 aromatic heterocycles. The Morgan fingerprint density at radius 2 is 1.44 bits per heavy atom. The van der Waals surface area contributed by atoms with Crippen LogP contribution < -0.4 is 0 Å². The van der Waals surface area contributed by atoms with Gasteiger partial charge in [0.1, 0.15) is 0 Å². The van der Waals surface area contributed by atoms with E-state index in [1.54, 1.807) is 11.8 Å². The lowest BCUT2D eigenvalue weighted by atomic mass is 10.7. The van der Waals surface area contributed by atoms with Gasteiger partial charge in [-0.3, -0.25) is 0 Å². The summed E-state index contributed by atoms with van der Waals surface area (Å²) in [6, 6.07) is 0. The SMILES string of the molecule is C=C(S)CSCC(=C)S. The minimum atomic E-state index is 0.878. The summed E-state index contributed by atoms with van der Waals surface area (Å²) in [6.45, 7) is 7.28. The van der Waals surface area contributed by atoms with E-state index in [4.69, 9.17) is 0 Å². The van der Waals surface area contributed by atoms with Gasteiger partial charge in [0, 0.05) is 11.5 Å². The molecular weight excluding hydrogens is 168 g/mol. The lowest BCUT2D eigenvalue weighted by molar-refractivity contribution is 1.69. The van der Waals surface area contributed by atoms with Crippen molar-refractivity contribution < 1.29 is 0 Å². The fraction of sp³-hybridized carbons (Fsp3) is 0.333. The first-order chi connectivity index (χ1) is 4.13. The Morgan fingerprint density at radius 1 is 1.11 bits per heavy atom. The van der Waals surface area contributed by atoms with Crippen molar-refractivity contribution in [3.05, 3.63) is 23.0 Å². The predicted octanol–water partition coefficient (Wildman–Crippen LogP) is 2.61. The third kappa shape index (κ3) is 8.53. The Kier molecular flexibility index (Phi) is 5.64. The van der Waals surface area contributed by atoms with E-state index < -0.39 is 0 Å². The highest BCUT2D eigenvalue weighted by Gasteiger charge is 1.88. The molecule has 0 unspecified atom stereocenters. The second kappa shape index (κ2) is 5.33. The molecule has 0 radical (unpaired) electrons. The maximum absolute atomic E-state index is 4.03. The minimum absolute atomic E-state index is 0.878. The van der Waals surface area contributed by atoms with Gasteiger partial charge in [-0.1, -0.05) is 13.2 Å². The van der Waals surface area contributed by atoms with Crippen LogP contribution >= 0.6 is 37.0 Å². The van der Waals surface area contributed by atoms with Gasteiger partial charge < -0.3 is 0 Å². The highest BCUT2D eigenvalue weighted by molar-refractivity contribution is 8.01. The van der Waals surface area contributed by atoms with Gasteiger partial charge in [0.15, 0.2) is 0 Å². The summed E-state index contributed by atoms with van der Waals surface area (Å²) in [7, 11) is 0. The molecule has 0 N–H and O–H groups in total. The second-order valence-corrected chi connectivity index (χ2v) is 3.88. The van der Waals surface area contributed by atoms with Crippen molar-refractivity contribution in [1.82, 2.24) is 0 Å². The molecule has 0 atom stereocenters. The molecule has 0 nitrogen and oxygen atoms in total. The molecule has 0 saturated heterocycles. The normalized spacial score (nSPS) is 9.11. The van der Waals surface area contributed by atoms with Crippen LogP contribution in [0.5, 0.6) is 0 Å². The molecule has 0 rings (SSSR count). The van der Waals surface area contributed by atoms with Crippen LogP contribution in [0.15, 0.2) is 23.0 Å². The molecule has 0 aromatic rings. The molecule has 0 aliphatic rings. The molecule has 52 valence electrons. The number of rotatable bonds is 4. The smallest absolute Gasteiger partial charge is 0.0239 e. The Balaban J connectivity index is 3.10. The molecule has 0 aliphatic carbocycles. The molecule has 0 aromatic carbocycles. The summed E-state index contributed by atoms with van der Waals surface area (Å²) < 4.78 is 0. The van der Waals surface area contributed by atoms with Gasteiger partial charge in [0.2, 0.25) is 0 Å². The fourth-order valence-electron chi connectivity index (χ4n) is 0.287. The van der Waals surface area contributed by atoms with Crippen LogP contribution in [0.4, 0.5) is 0 Å². The van der Waals surface area contributed by atoms with Gasteiger partial charge in [-0.25, -0.2) is 0 Å². The lowest BCUT2D eigenvalue weighted by Gasteiger charge is -1.96. The molecule has 0 amide bonds. The van der Waals surface area contributed by atoms with Gasteiger partial charge in [-0.2, -0.15) is 11.8 Å². The predicted molar refractivity (Wildman–Crippen MR) is 53.6 cm³/mol. The van der Waals surface area contributed by atoms with E-state index in [1.807, 2.05) is 0 Å². The zero-order valence-electron chi connectivity index (χ0n) is 5.13. The fourth-order valence-corrected chi connectivity index (χ4v) is 1.41. The molecule has 0 aliphatic heterocycles. The summed E-state index contributed by atoms with van der Waals surface area (Å²) in [5.41, 5.74) is 0. The number of thioether (sulfide) groups is 1. The Hall–Kier alpha value is 0.530. The van der Waals surface area contributed by atoms with E-state index in [0.717, 1.165) is 21.3 Å². The van der Waals surface area contributed by atoms with Crippen LogP contribution in [0.1, 0.15) is 0 Å². The Labute approximate surface area is 71.6 Å². The van der Waals surface area contributed by atoms with E-state index in [1.165, 1.54) is 0 Å². The van der Waals surface area contributed by atoms with E-state index in [9.17, 15) is 0 Å². The van der Waals surface area contributed by atoms with Crippen LogP contribution in [-0.2, 0) is 0 Å². The Morgan fingerprint density at radius 3 is 1.67 bits per heavy atom. The summed E-state index contributed by atoms with van der Waals surface area (Å²) in [6.07, 6.45) is 0. The zero-order chi connectivity index (χ0) is 7.28. The van der Waals surface area contributed by atoms with Crippen molar-refractivity contribution in [2.75, 3.05) is 11.5 Å². The van der Waals surface area contributed by atoms with Gasteiger partial charge in [0.05, 0.1) is 0 Å². The minimum Gasteiger partial charge on any atom is -0.151 e. The second-order valence-electron chi connectivity index (χ2n) is 1.63. The zero-order valence-corrected chi connectivity index (χ0v) is 7.74. The standard InChI is InChI=1S/C6H10S3/c1-5(7)3-9-4-6(2)8/h7-8H,1-4H2. The molecule has 0 fully saturated rings. The number of thiol groups is 2. The van der Waals surface area contributed by atoms with Crippen LogP contribution in [0.3, 0.4) is 0 Å². The molecule has 0 bridgehead atoms. The summed E-state index contributed by atoms with van der Waals surface area (Å²) in [4.78, 5) is 1.80. The van der Waals surface area contributed by atoms with Crippen LogP contribution in [-0.4, -0.2) is 11.5 Å². The molecular formula is C6H10S3. The highest BCUT2D eigenvalue weighted by Crippen LogP contribution is 2.13. The Bertz CT molecular complexity index is 103. The van der Waals surface area contributed by atoms with Crippen LogP contribution in [0.25, 0.3) is 0 Å². The first-order valence-corrected chi connectivity index (χ1v) is 4.49. The monoisotopic (exact) mass is 178 g/mol. The van der Waals surface area contributed by atoms with Crippen LogP contribution in [0, 0.1) is 0 Å². The van der Waals surface area contributed by atoms with Crippen LogP contribution in [0.2, 0.25) is 0 Å². The highest BCUT2D eigenvalue weighted by atomic mass is 32.2. The quantitative estimate of drug-likeness (QED) is 0.624. The summed E-state index contributed by atoms with van der Waals surface area (Å²) in [5.74, 6) is 1.76. The molecule has 9 heavy (non-hydrogen) atoms. The third-order valence-corrected chi connectivity index (χ3v) is 2.39. The lowest BCUT2D eigenvalue weighted by Crippen LogP contribution is -1.80. The van der Waals surface area contributed by atoms with Crippen molar-refractivity contribution in [2.45, 2.75) is 0 Å². The van der Waals surface area contributed by atoms with Gasteiger partial charge in [-0.15, -0.1) is 25.3 Å². The first kappa shape index (κ1) is 9.53. The maximum atomic E-state index is 4.03. The molecule has 0 saturated carbocycles. The average molecular weight is 178 g/mol. The maximum Gasteiger partial charge on any atom is 0.0239 e. The van der Waals surface area contributed by atoms with Gasteiger partial charge >= 0.3 is 0 Å². The topological polar surface area (TPSA) is 0 Å². The van der Waals surface area contributed by atoms with E-state index in [2.05, 4.69) is 38.4 Å². The third-order valence-electron chi connectivity index (χ3n) is 0.537. The van der Waals surface area contributed by atoms with E-state index in [-0.39, 0.29) is 0 Å². The number of hydrogen-bond donors (Lipinski definition) is 2. The molecule has 0 heterocycles. The molecule has 3 heteroatoms. The van der Waals surface area contributed by atoms with Crippen molar-refractivity contribution in [3.8, 4) is 0 Å². The van der Waals surface area contributed by atoms with Crippen molar-refractivity contribution in [2.24, 2.45) is 0 Å². The average Bonchev–Trinajstić information content (AvgIpc) is 1.63. The summed E-state index contributed by atoms with van der Waals surface area (Å²) in [5, 5.41) is 0. The van der Waals surface area contributed by atoms with Crippen molar-refractivity contribution in [3.63, 3.8) is 0 Å². The summed E-state index contributed by atoms with van der Waals surface area (Å²) >= 11 is 9.78. The van der Waals surface area contributed by atoms with E-state index >= 15 is 0 Å². The van der Waals surface area contributed by atoms with E-state index in [0.29, 0.717) is 0 Å². The largest absolute Gasteiger partial charge is 0.151 e. The first-order valence-electron chi connectivity index (χ1n) is 2.44. The molecule has 0 spiro atoms. The number of hydrogen-bond acceptors (Lipinski definition) is 3. The van der Waals surface area contributed by atoms with Crippen molar-refractivity contribution >= 4 is 37.0 Å². The van der Waals surface area contributed by atoms with Gasteiger partial charge in [-0.05, 0) is 9.81 Å². The van der Waals surface area contributed by atoms with Crippen molar-refractivity contribution in [1.29, 1.82) is 0 Å². The van der Waals surface area contributed by atoms with Gasteiger partial charge in [0.25, 0.3) is 0 Å².